The molecule has 1 heterocycles. The number of rotatable bonds is 5. The number of hydrogen-bond donors (Lipinski definition) is 1. The van der Waals surface area contributed by atoms with Crippen molar-refractivity contribution in [3.8, 4) is 11.5 Å². The van der Waals surface area contributed by atoms with Crippen molar-refractivity contribution in [3.05, 3.63) is 54.1 Å². The maximum Gasteiger partial charge on any atom is 0.264 e. The van der Waals surface area contributed by atoms with E-state index in [1.54, 1.807) is 11.8 Å². The predicted molar refractivity (Wildman–Crippen MR) is 91.3 cm³/mol. The van der Waals surface area contributed by atoms with Crippen LogP contribution in [0.5, 0.6) is 11.5 Å². The number of nitrogens with one attached hydrogen (secondary N) is 1. The number of thioether (sulfide) groups is 1. The number of para-hydroxylation sites is 2. The van der Waals surface area contributed by atoms with Crippen molar-refractivity contribution in [1.29, 1.82) is 0 Å². The zero-order valence-electron chi connectivity index (χ0n) is 13.0. The quantitative estimate of drug-likeness (QED) is 0.676. The molecule has 0 bridgehead atoms. The highest BCUT2D eigenvalue weighted by Crippen LogP contribution is 2.30. The highest BCUT2D eigenvalue weighted by Gasteiger charge is 2.26. The number of carbonyl (C=O) groups excluding carboxylic acids is 1. The van der Waals surface area contributed by atoms with Crippen molar-refractivity contribution in [2.75, 3.05) is 18.9 Å². The molecule has 4 nitrogen and oxygen atoms in total. The Labute approximate surface area is 140 Å². The SMILES string of the molecule is Cc1ccc(SCCNC(=O)[C@H]2COc3ccccc3O2)cc1. The van der Waals surface area contributed by atoms with Crippen molar-refractivity contribution in [3.63, 3.8) is 0 Å². The topological polar surface area (TPSA) is 47.6 Å². The first kappa shape index (κ1) is 15.7. The van der Waals surface area contributed by atoms with Gasteiger partial charge in [0.25, 0.3) is 5.91 Å². The number of amides is 1. The molecule has 1 atom stereocenters. The number of ether oxygens (including phenoxy) is 2. The smallest absolute Gasteiger partial charge is 0.264 e. The molecular formula is C18H19NO3S. The second-order valence-corrected chi connectivity index (χ2v) is 6.49. The second-order valence-electron chi connectivity index (χ2n) is 5.32. The maximum atomic E-state index is 12.1. The van der Waals surface area contributed by atoms with Crippen LogP contribution in [0.3, 0.4) is 0 Å². The summed E-state index contributed by atoms with van der Waals surface area (Å²) in [7, 11) is 0. The van der Waals surface area contributed by atoms with E-state index in [1.807, 2.05) is 24.3 Å². The van der Waals surface area contributed by atoms with Gasteiger partial charge in [0.05, 0.1) is 0 Å². The van der Waals surface area contributed by atoms with Gasteiger partial charge in [0.2, 0.25) is 6.10 Å². The minimum absolute atomic E-state index is 0.135. The van der Waals surface area contributed by atoms with Gasteiger partial charge in [-0.25, -0.2) is 0 Å². The number of fused-ring (bicyclic) bond motifs is 1. The van der Waals surface area contributed by atoms with Gasteiger partial charge in [-0.3, -0.25) is 4.79 Å². The van der Waals surface area contributed by atoms with Crippen LogP contribution >= 0.6 is 11.8 Å². The van der Waals surface area contributed by atoms with E-state index in [9.17, 15) is 4.79 Å². The van der Waals surface area contributed by atoms with Crippen molar-refractivity contribution < 1.29 is 14.3 Å². The van der Waals surface area contributed by atoms with Gasteiger partial charge in [-0.2, -0.15) is 0 Å². The van der Waals surface area contributed by atoms with Crippen LogP contribution in [0.15, 0.2) is 53.4 Å². The van der Waals surface area contributed by atoms with Crippen molar-refractivity contribution in [2.45, 2.75) is 17.9 Å². The van der Waals surface area contributed by atoms with Gasteiger partial charge < -0.3 is 14.8 Å². The first-order valence-corrected chi connectivity index (χ1v) is 8.56. The summed E-state index contributed by atoms with van der Waals surface area (Å²) >= 11 is 1.72. The molecule has 1 N–H and O–H groups in total. The molecule has 0 aromatic heterocycles. The van der Waals surface area contributed by atoms with Gasteiger partial charge in [0.15, 0.2) is 11.5 Å². The predicted octanol–water partition coefficient (Wildman–Crippen LogP) is 3.04. The van der Waals surface area contributed by atoms with E-state index in [0.717, 1.165) is 5.75 Å². The average Bonchev–Trinajstić information content (AvgIpc) is 2.59. The van der Waals surface area contributed by atoms with Gasteiger partial charge in [-0.15, -0.1) is 11.8 Å². The third-order valence-electron chi connectivity index (χ3n) is 3.49. The van der Waals surface area contributed by atoms with E-state index in [4.69, 9.17) is 9.47 Å². The lowest BCUT2D eigenvalue weighted by Crippen LogP contribution is -2.44. The van der Waals surface area contributed by atoms with Crippen LogP contribution < -0.4 is 14.8 Å². The highest BCUT2D eigenvalue weighted by molar-refractivity contribution is 7.99. The van der Waals surface area contributed by atoms with E-state index >= 15 is 0 Å². The lowest BCUT2D eigenvalue weighted by molar-refractivity contribution is -0.130. The van der Waals surface area contributed by atoms with E-state index in [-0.39, 0.29) is 12.5 Å². The van der Waals surface area contributed by atoms with Gasteiger partial charge in [-0.1, -0.05) is 29.8 Å². The fourth-order valence-electron chi connectivity index (χ4n) is 2.24. The fraction of sp³-hybridized carbons (Fsp3) is 0.278. The molecule has 3 rings (SSSR count). The molecule has 0 aliphatic carbocycles. The Morgan fingerprint density at radius 3 is 2.70 bits per heavy atom. The lowest BCUT2D eigenvalue weighted by atomic mass is 10.2. The van der Waals surface area contributed by atoms with Crippen LogP contribution in [0.2, 0.25) is 0 Å². The molecule has 1 aliphatic heterocycles. The molecule has 0 fully saturated rings. The summed E-state index contributed by atoms with van der Waals surface area (Å²) in [6.45, 7) is 2.91. The number of aryl methyl sites for hydroxylation is 1. The number of hydrogen-bond acceptors (Lipinski definition) is 4. The van der Waals surface area contributed by atoms with Gasteiger partial charge in [0, 0.05) is 17.2 Å². The van der Waals surface area contributed by atoms with E-state index in [2.05, 4.69) is 36.5 Å². The van der Waals surface area contributed by atoms with E-state index in [0.29, 0.717) is 18.0 Å². The van der Waals surface area contributed by atoms with Crippen molar-refractivity contribution in [2.24, 2.45) is 0 Å². The Hall–Kier alpha value is -2.14. The number of benzene rings is 2. The molecule has 0 saturated carbocycles. The normalized spacial score (nSPS) is 16.0. The summed E-state index contributed by atoms with van der Waals surface area (Å²) in [5.41, 5.74) is 1.25. The Kier molecular flexibility index (Phi) is 5.08. The molecule has 2 aromatic rings. The van der Waals surface area contributed by atoms with Crippen LogP contribution in [0.4, 0.5) is 0 Å². The Balaban J connectivity index is 1.42. The van der Waals surface area contributed by atoms with Crippen molar-refractivity contribution >= 4 is 17.7 Å². The first-order valence-electron chi connectivity index (χ1n) is 7.58. The summed E-state index contributed by atoms with van der Waals surface area (Å²) in [4.78, 5) is 13.3. The van der Waals surface area contributed by atoms with Gasteiger partial charge in [-0.05, 0) is 31.2 Å². The van der Waals surface area contributed by atoms with Crippen LogP contribution in [-0.4, -0.2) is 30.9 Å². The molecule has 23 heavy (non-hydrogen) atoms. The minimum Gasteiger partial charge on any atom is -0.485 e. The highest BCUT2D eigenvalue weighted by atomic mass is 32.2. The fourth-order valence-corrected chi connectivity index (χ4v) is 3.01. The van der Waals surface area contributed by atoms with Crippen LogP contribution in [0.1, 0.15) is 5.56 Å². The maximum absolute atomic E-state index is 12.1. The monoisotopic (exact) mass is 329 g/mol. The molecule has 120 valence electrons. The molecule has 0 unspecified atom stereocenters. The average molecular weight is 329 g/mol. The lowest BCUT2D eigenvalue weighted by Gasteiger charge is -2.25. The standard InChI is InChI=1S/C18H19NO3S/c1-13-6-8-14(9-7-13)23-11-10-19-18(20)17-12-21-15-4-2-3-5-16(15)22-17/h2-9,17H,10-12H2,1H3,(H,19,20)/t17-/m1/s1. The summed E-state index contributed by atoms with van der Waals surface area (Å²) in [6, 6.07) is 15.8. The summed E-state index contributed by atoms with van der Waals surface area (Å²) in [6.07, 6.45) is -0.589. The molecule has 2 aromatic carbocycles. The van der Waals surface area contributed by atoms with Crippen molar-refractivity contribution in [1.82, 2.24) is 5.32 Å². The Bertz CT molecular complexity index is 672. The summed E-state index contributed by atoms with van der Waals surface area (Å²) in [5, 5.41) is 2.90. The zero-order chi connectivity index (χ0) is 16.1. The van der Waals surface area contributed by atoms with Crippen LogP contribution in [-0.2, 0) is 4.79 Å². The molecule has 0 radical (unpaired) electrons. The minimum atomic E-state index is -0.589. The number of carbonyl (C=O) groups is 1. The largest absolute Gasteiger partial charge is 0.485 e. The second kappa shape index (κ2) is 7.42. The first-order chi connectivity index (χ1) is 11.2. The molecule has 1 amide bonds. The van der Waals surface area contributed by atoms with Crippen LogP contribution in [0.25, 0.3) is 0 Å². The Morgan fingerprint density at radius 1 is 1.17 bits per heavy atom. The van der Waals surface area contributed by atoms with Gasteiger partial charge >= 0.3 is 0 Å². The molecule has 0 saturated heterocycles. The summed E-state index contributed by atoms with van der Waals surface area (Å²) < 4.78 is 11.2. The van der Waals surface area contributed by atoms with E-state index < -0.39 is 6.10 Å². The summed E-state index contributed by atoms with van der Waals surface area (Å²) in [5.74, 6) is 1.99. The third kappa shape index (κ3) is 4.20. The van der Waals surface area contributed by atoms with Gasteiger partial charge in [0.1, 0.15) is 6.61 Å². The molecule has 5 heteroatoms. The van der Waals surface area contributed by atoms with E-state index in [1.165, 1.54) is 10.5 Å². The third-order valence-corrected chi connectivity index (χ3v) is 4.51. The molecule has 0 spiro atoms. The molecule has 1 aliphatic rings. The van der Waals surface area contributed by atoms with Crippen LogP contribution in [0, 0.1) is 6.92 Å². The Morgan fingerprint density at radius 2 is 1.91 bits per heavy atom. The zero-order valence-corrected chi connectivity index (χ0v) is 13.8. The molecular weight excluding hydrogens is 310 g/mol.